The van der Waals surface area contributed by atoms with Gasteiger partial charge in [0.1, 0.15) is 5.69 Å². The van der Waals surface area contributed by atoms with Gasteiger partial charge in [0.15, 0.2) is 5.82 Å². The molecule has 0 saturated carbocycles. The summed E-state index contributed by atoms with van der Waals surface area (Å²) in [6.45, 7) is 4.19. The van der Waals surface area contributed by atoms with Crippen LogP contribution in [0.3, 0.4) is 0 Å². The maximum Gasteiger partial charge on any atom is 0.267 e. The fourth-order valence-electron chi connectivity index (χ4n) is 3.25. The lowest BCUT2D eigenvalue weighted by atomic mass is 10.2. The minimum absolute atomic E-state index is 0.279. The Morgan fingerprint density at radius 2 is 2.05 bits per heavy atom. The highest BCUT2D eigenvalue weighted by Gasteiger charge is 2.29. The Morgan fingerprint density at radius 1 is 1.25 bits per heavy atom. The summed E-state index contributed by atoms with van der Waals surface area (Å²) in [4.78, 5) is 20.4. The largest absolute Gasteiger partial charge is 0.396 e. The zero-order valence-corrected chi connectivity index (χ0v) is 11.6. The predicted octanol–water partition coefficient (Wildman–Crippen LogP) is 0.437. The minimum Gasteiger partial charge on any atom is -0.396 e. The highest BCUT2D eigenvalue weighted by Crippen LogP contribution is 2.27. The standard InChI is InChI=1S/C14H21N5O/c15-11-4-5-12(13(16)20)17-14(11)19-8-2-7-18-6-1-3-10(18)9-19/h4-5,10H,1-3,6-9,15H2,(H2,16,20). The van der Waals surface area contributed by atoms with Gasteiger partial charge in [0.2, 0.25) is 0 Å². The first-order chi connectivity index (χ1) is 9.65. The number of hydrogen-bond donors (Lipinski definition) is 2. The van der Waals surface area contributed by atoms with E-state index in [2.05, 4.69) is 14.8 Å². The molecule has 2 aliphatic heterocycles. The van der Waals surface area contributed by atoms with E-state index in [0.29, 0.717) is 17.5 Å². The highest BCUT2D eigenvalue weighted by molar-refractivity contribution is 5.91. The molecule has 0 aromatic carbocycles. The lowest BCUT2D eigenvalue weighted by molar-refractivity contribution is 0.0995. The van der Waals surface area contributed by atoms with Crippen molar-refractivity contribution < 1.29 is 4.79 Å². The normalized spacial score (nSPS) is 23.4. The Balaban J connectivity index is 1.87. The number of fused-ring (bicyclic) bond motifs is 1. The van der Waals surface area contributed by atoms with Crippen LogP contribution in [0.25, 0.3) is 0 Å². The van der Waals surface area contributed by atoms with E-state index < -0.39 is 5.91 Å². The van der Waals surface area contributed by atoms with Crippen molar-refractivity contribution in [3.63, 3.8) is 0 Å². The Bertz CT molecular complexity index is 518. The number of carbonyl (C=O) groups is 1. The lowest BCUT2D eigenvalue weighted by Crippen LogP contribution is -2.37. The van der Waals surface area contributed by atoms with Crippen LogP contribution in [-0.4, -0.2) is 48.0 Å². The number of anilines is 2. The molecule has 6 heteroatoms. The van der Waals surface area contributed by atoms with Crippen LogP contribution in [0, 0.1) is 0 Å². The molecule has 2 saturated heterocycles. The van der Waals surface area contributed by atoms with Gasteiger partial charge in [-0.05, 0) is 37.9 Å². The summed E-state index contributed by atoms with van der Waals surface area (Å²) < 4.78 is 0. The molecule has 2 aliphatic rings. The number of nitrogen functional groups attached to an aromatic ring is 1. The smallest absolute Gasteiger partial charge is 0.267 e. The molecule has 3 rings (SSSR count). The number of carbonyl (C=O) groups excluding carboxylic acids is 1. The molecule has 0 spiro atoms. The van der Waals surface area contributed by atoms with Gasteiger partial charge in [0, 0.05) is 25.7 Å². The number of nitrogens with zero attached hydrogens (tertiary/aromatic N) is 3. The summed E-state index contributed by atoms with van der Waals surface area (Å²) in [6, 6.07) is 3.89. The third-order valence-corrected chi connectivity index (χ3v) is 4.26. The van der Waals surface area contributed by atoms with Crippen LogP contribution in [0.5, 0.6) is 0 Å². The first-order valence-corrected chi connectivity index (χ1v) is 7.20. The summed E-state index contributed by atoms with van der Waals surface area (Å²) in [6.07, 6.45) is 3.59. The van der Waals surface area contributed by atoms with Crippen molar-refractivity contribution in [3.05, 3.63) is 17.8 Å². The highest BCUT2D eigenvalue weighted by atomic mass is 16.1. The van der Waals surface area contributed by atoms with Crippen molar-refractivity contribution in [2.75, 3.05) is 36.8 Å². The molecule has 1 aromatic rings. The summed E-state index contributed by atoms with van der Waals surface area (Å²) in [5, 5.41) is 0. The quantitative estimate of drug-likeness (QED) is 0.817. The summed E-state index contributed by atoms with van der Waals surface area (Å²) in [7, 11) is 0. The van der Waals surface area contributed by atoms with Crippen molar-refractivity contribution in [3.8, 4) is 0 Å². The SMILES string of the molecule is NC(=O)c1ccc(N)c(N2CCCN3CCCC3C2)n1. The van der Waals surface area contributed by atoms with Crippen molar-refractivity contribution in [1.29, 1.82) is 0 Å². The van der Waals surface area contributed by atoms with Gasteiger partial charge in [-0.15, -0.1) is 0 Å². The van der Waals surface area contributed by atoms with Gasteiger partial charge in [-0.1, -0.05) is 0 Å². The Hall–Kier alpha value is -1.82. The molecular formula is C14H21N5O. The van der Waals surface area contributed by atoms with E-state index >= 15 is 0 Å². The number of nitrogens with two attached hydrogens (primary N) is 2. The van der Waals surface area contributed by atoms with Crippen LogP contribution in [0.4, 0.5) is 11.5 Å². The lowest BCUT2D eigenvalue weighted by Gasteiger charge is -2.27. The number of pyridine rings is 1. The Kier molecular flexibility index (Phi) is 3.48. The molecule has 6 nitrogen and oxygen atoms in total. The topological polar surface area (TPSA) is 88.5 Å². The fourth-order valence-corrected chi connectivity index (χ4v) is 3.25. The zero-order valence-electron chi connectivity index (χ0n) is 11.6. The van der Waals surface area contributed by atoms with Crippen molar-refractivity contribution in [2.24, 2.45) is 5.73 Å². The van der Waals surface area contributed by atoms with E-state index in [1.807, 2.05) is 0 Å². The maximum atomic E-state index is 11.3. The molecule has 2 fully saturated rings. The van der Waals surface area contributed by atoms with Crippen LogP contribution in [0.15, 0.2) is 12.1 Å². The zero-order chi connectivity index (χ0) is 14.1. The van der Waals surface area contributed by atoms with Crippen molar-refractivity contribution in [1.82, 2.24) is 9.88 Å². The molecule has 20 heavy (non-hydrogen) atoms. The van der Waals surface area contributed by atoms with Gasteiger partial charge in [-0.25, -0.2) is 4.98 Å². The average Bonchev–Trinajstić information content (AvgIpc) is 2.76. The first kappa shape index (κ1) is 13.2. The predicted molar refractivity (Wildman–Crippen MR) is 78.6 cm³/mol. The molecule has 108 valence electrons. The third kappa shape index (κ3) is 2.43. The molecule has 1 amide bonds. The summed E-state index contributed by atoms with van der Waals surface area (Å²) >= 11 is 0. The number of hydrogen-bond acceptors (Lipinski definition) is 5. The second-order valence-electron chi connectivity index (χ2n) is 5.61. The first-order valence-electron chi connectivity index (χ1n) is 7.20. The van der Waals surface area contributed by atoms with Gasteiger partial charge in [0.05, 0.1) is 5.69 Å². The fraction of sp³-hybridized carbons (Fsp3) is 0.571. The van der Waals surface area contributed by atoms with E-state index in [1.54, 1.807) is 12.1 Å². The van der Waals surface area contributed by atoms with Gasteiger partial charge in [0.25, 0.3) is 5.91 Å². The second kappa shape index (κ2) is 5.28. The number of aromatic nitrogens is 1. The van der Waals surface area contributed by atoms with Gasteiger partial charge in [-0.3, -0.25) is 9.69 Å². The average molecular weight is 275 g/mol. The minimum atomic E-state index is -0.511. The molecule has 0 aliphatic carbocycles. The second-order valence-corrected chi connectivity index (χ2v) is 5.61. The molecule has 1 unspecified atom stereocenters. The van der Waals surface area contributed by atoms with Crippen molar-refractivity contribution in [2.45, 2.75) is 25.3 Å². The third-order valence-electron chi connectivity index (χ3n) is 4.26. The molecule has 1 atom stereocenters. The molecular weight excluding hydrogens is 254 g/mol. The maximum absolute atomic E-state index is 11.3. The summed E-state index contributed by atoms with van der Waals surface area (Å²) in [5.41, 5.74) is 12.2. The molecule has 3 heterocycles. The van der Waals surface area contributed by atoms with E-state index in [1.165, 1.54) is 19.4 Å². The number of rotatable bonds is 2. The monoisotopic (exact) mass is 275 g/mol. The van der Waals surface area contributed by atoms with E-state index in [4.69, 9.17) is 11.5 Å². The Morgan fingerprint density at radius 3 is 2.85 bits per heavy atom. The molecule has 4 N–H and O–H groups in total. The number of amides is 1. The molecule has 0 bridgehead atoms. The van der Waals surface area contributed by atoms with Crippen LogP contribution in [-0.2, 0) is 0 Å². The molecule has 1 aromatic heterocycles. The molecule has 0 radical (unpaired) electrons. The van der Waals surface area contributed by atoms with Crippen molar-refractivity contribution >= 4 is 17.4 Å². The van der Waals surface area contributed by atoms with Crippen LogP contribution in [0.2, 0.25) is 0 Å². The van der Waals surface area contributed by atoms with Gasteiger partial charge >= 0.3 is 0 Å². The van der Waals surface area contributed by atoms with Gasteiger partial charge < -0.3 is 16.4 Å². The van der Waals surface area contributed by atoms with E-state index in [-0.39, 0.29) is 5.69 Å². The van der Waals surface area contributed by atoms with E-state index in [9.17, 15) is 4.79 Å². The number of primary amides is 1. The van der Waals surface area contributed by atoms with Crippen LogP contribution in [0.1, 0.15) is 29.8 Å². The Labute approximate surface area is 118 Å². The van der Waals surface area contributed by atoms with Gasteiger partial charge in [-0.2, -0.15) is 0 Å². The van der Waals surface area contributed by atoms with Crippen LogP contribution < -0.4 is 16.4 Å². The van der Waals surface area contributed by atoms with Crippen LogP contribution >= 0.6 is 0 Å². The van der Waals surface area contributed by atoms with E-state index in [0.717, 1.165) is 26.1 Å². The summed E-state index contributed by atoms with van der Waals surface area (Å²) in [5.74, 6) is 0.193.